The number of benzene rings is 8. The molecular weight excluding hydrogens is 715 g/mol. The summed E-state index contributed by atoms with van der Waals surface area (Å²) < 4.78 is 17.2. The molecule has 0 spiro atoms. The fraction of sp³-hybridized carbons (Fsp3) is 0. The van der Waals surface area contributed by atoms with Crippen LogP contribution in [-0.4, -0.2) is 24.1 Å². The van der Waals surface area contributed by atoms with Crippen LogP contribution in [-0.2, 0) is 0 Å². The van der Waals surface area contributed by atoms with Gasteiger partial charge in [0.1, 0.15) is 22.3 Å². The van der Waals surface area contributed by atoms with Crippen molar-refractivity contribution < 1.29 is 8.83 Å². The van der Waals surface area contributed by atoms with E-state index in [0.717, 1.165) is 98.9 Å². The summed E-state index contributed by atoms with van der Waals surface area (Å²) in [6.45, 7) is 0. The number of fused-ring (bicyclic) bond motifs is 13. The van der Waals surface area contributed by atoms with Gasteiger partial charge in [-0.25, -0.2) is 4.98 Å². The Morgan fingerprint density at radius 1 is 0.328 bits per heavy atom. The number of hydrogen-bond acceptors (Lipinski definition) is 5. The van der Waals surface area contributed by atoms with Gasteiger partial charge in [-0.05, 0) is 60.7 Å². The molecule has 5 heterocycles. The average Bonchev–Trinajstić information content (AvgIpc) is 4.03. The Hall–Kier alpha value is -8.03. The van der Waals surface area contributed by atoms with Gasteiger partial charge in [0.05, 0.1) is 22.1 Å². The molecule has 58 heavy (non-hydrogen) atoms. The zero-order valence-electron chi connectivity index (χ0n) is 30.8. The molecule has 0 aliphatic carbocycles. The fourth-order valence-corrected chi connectivity index (χ4v) is 9.04. The Labute approximate surface area is 329 Å². The zero-order chi connectivity index (χ0) is 37.9. The van der Waals surface area contributed by atoms with Crippen LogP contribution in [0.15, 0.2) is 185 Å². The minimum Gasteiger partial charge on any atom is -0.456 e. The van der Waals surface area contributed by atoms with E-state index in [9.17, 15) is 0 Å². The molecule has 7 nitrogen and oxygen atoms in total. The summed E-state index contributed by atoms with van der Waals surface area (Å²) in [5, 5.41) is 8.95. The van der Waals surface area contributed by atoms with Crippen molar-refractivity contribution in [3.05, 3.63) is 176 Å². The lowest BCUT2D eigenvalue weighted by atomic mass is 10.1. The number of nitrogens with zero attached hydrogens (tertiary/aromatic N) is 5. The predicted octanol–water partition coefficient (Wildman–Crippen LogP) is 13.2. The van der Waals surface area contributed by atoms with Crippen LogP contribution in [0.2, 0.25) is 0 Å². The molecule has 0 bridgehead atoms. The van der Waals surface area contributed by atoms with Gasteiger partial charge in [0, 0.05) is 66.0 Å². The standard InChI is InChI=1S/C51H29N5O2/c1-2-12-30(13-3-1)49-52-50(31-22-24-35-33-14-6-10-20-43(33)57-45(35)28-31)54-51(53-49)56-40-19-9-5-17-38(40)48-42(56)27-26-41-47(48)37-16-4-8-18-39(37)55(41)32-23-25-36-34-15-7-11-21-44(34)58-46(36)29-32/h1-29H. The van der Waals surface area contributed by atoms with E-state index in [2.05, 4.69) is 118 Å². The first-order chi connectivity index (χ1) is 28.7. The van der Waals surface area contributed by atoms with Crippen molar-refractivity contribution in [2.24, 2.45) is 0 Å². The maximum absolute atomic E-state index is 6.37. The van der Waals surface area contributed by atoms with Gasteiger partial charge in [-0.1, -0.05) is 109 Å². The van der Waals surface area contributed by atoms with Gasteiger partial charge in [-0.2, -0.15) is 9.97 Å². The normalized spacial score (nSPS) is 12.1. The highest BCUT2D eigenvalue weighted by atomic mass is 16.3. The summed E-state index contributed by atoms with van der Waals surface area (Å²) in [6.07, 6.45) is 0. The van der Waals surface area contributed by atoms with Crippen LogP contribution >= 0.6 is 0 Å². The number of furan rings is 2. The Morgan fingerprint density at radius 3 is 1.50 bits per heavy atom. The molecule has 0 fully saturated rings. The molecule has 270 valence electrons. The van der Waals surface area contributed by atoms with Gasteiger partial charge in [0.15, 0.2) is 11.6 Å². The molecule has 0 amide bonds. The number of para-hydroxylation sites is 4. The van der Waals surface area contributed by atoms with E-state index in [1.807, 2.05) is 66.7 Å². The largest absolute Gasteiger partial charge is 0.456 e. The number of aromatic nitrogens is 5. The maximum atomic E-state index is 6.37. The van der Waals surface area contributed by atoms with E-state index < -0.39 is 0 Å². The van der Waals surface area contributed by atoms with E-state index in [-0.39, 0.29) is 0 Å². The molecule has 0 atom stereocenters. The first-order valence-corrected chi connectivity index (χ1v) is 19.4. The second-order valence-electron chi connectivity index (χ2n) is 14.8. The molecule has 8 aromatic carbocycles. The molecular formula is C51H29N5O2. The lowest BCUT2D eigenvalue weighted by Crippen LogP contribution is -2.06. The van der Waals surface area contributed by atoms with Crippen molar-refractivity contribution in [2.75, 3.05) is 0 Å². The number of hydrogen-bond donors (Lipinski definition) is 0. The Bertz CT molecular complexity index is 3810. The summed E-state index contributed by atoms with van der Waals surface area (Å²) >= 11 is 0. The second-order valence-corrected chi connectivity index (χ2v) is 14.8. The fourth-order valence-electron chi connectivity index (χ4n) is 9.04. The summed E-state index contributed by atoms with van der Waals surface area (Å²) in [4.78, 5) is 15.6. The van der Waals surface area contributed by atoms with Crippen LogP contribution < -0.4 is 0 Å². The molecule has 0 radical (unpaired) electrons. The molecule has 0 unspecified atom stereocenters. The van der Waals surface area contributed by atoms with Crippen LogP contribution in [0.25, 0.3) is 122 Å². The SMILES string of the molecule is c1ccc(-c2nc(-c3ccc4c(c3)oc3ccccc34)nc(-n3c4ccccc4c4c5c6ccccc6n(-c6ccc7c(c6)oc6ccccc67)c5ccc43)n2)cc1. The second kappa shape index (κ2) is 11.7. The van der Waals surface area contributed by atoms with Crippen LogP contribution in [0.4, 0.5) is 0 Å². The number of rotatable bonds is 4. The summed E-state index contributed by atoms with van der Waals surface area (Å²) in [5.41, 5.74) is 10.4. The van der Waals surface area contributed by atoms with Crippen molar-refractivity contribution in [3.8, 4) is 34.4 Å². The van der Waals surface area contributed by atoms with E-state index in [1.165, 1.54) is 5.39 Å². The Balaban J connectivity index is 1.08. The minimum atomic E-state index is 0.540. The lowest BCUT2D eigenvalue weighted by molar-refractivity contribution is 0.668. The van der Waals surface area contributed by atoms with Crippen LogP contribution in [0.5, 0.6) is 0 Å². The molecule has 13 aromatic rings. The molecule has 0 aliphatic rings. The van der Waals surface area contributed by atoms with Crippen molar-refractivity contribution in [3.63, 3.8) is 0 Å². The molecule has 0 saturated carbocycles. The predicted molar refractivity (Wildman–Crippen MR) is 234 cm³/mol. The van der Waals surface area contributed by atoms with Gasteiger partial charge in [0.25, 0.3) is 0 Å². The van der Waals surface area contributed by atoms with Crippen molar-refractivity contribution >= 4 is 87.5 Å². The van der Waals surface area contributed by atoms with Gasteiger partial charge >= 0.3 is 0 Å². The van der Waals surface area contributed by atoms with E-state index >= 15 is 0 Å². The molecule has 13 rings (SSSR count). The van der Waals surface area contributed by atoms with Gasteiger partial charge < -0.3 is 13.4 Å². The molecule has 7 heteroatoms. The van der Waals surface area contributed by atoms with Gasteiger partial charge in [-0.3, -0.25) is 4.57 Å². The highest BCUT2D eigenvalue weighted by Gasteiger charge is 2.23. The van der Waals surface area contributed by atoms with E-state index in [4.69, 9.17) is 23.8 Å². The molecule has 5 aromatic heterocycles. The molecule has 0 saturated heterocycles. The maximum Gasteiger partial charge on any atom is 0.238 e. The average molecular weight is 744 g/mol. The summed E-state index contributed by atoms with van der Waals surface area (Å²) in [7, 11) is 0. The van der Waals surface area contributed by atoms with Gasteiger partial charge in [0.2, 0.25) is 5.95 Å². The monoisotopic (exact) mass is 743 g/mol. The van der Waals surface area contributed by atoms with Crippen molar-refractivity contribution in [1.82, 2.24) is 24.1 Å². The third-order valence-corrected chi connectivity index (χ3v) is 11.6. The lowest BCUT2D eigenvalue weighted by Gasteiger charge is -2.11. The molecule has 0 aliphatic heterocycles. The van der Waals surface area contributed by atoms with Crippen molar-refractivity contribution in [2.45, 2.75) is 0 Å². The summed E-state index contributed by atoms with van der Waals surface area (Å²) in [6, 6.07) is 60.8. The third-order valence-electron chi connectivity index (χ3n) is 11.6. The Morgan fingerprint density at radius 2 is 0.828 bits per heavy atom. The topological polar surface area (TPSA) is 74.8 Å². The smallest absolute Gasteiger partial charge is 0.238 e. The minimum absolute atomic E-state index is 0.540. The van der Waals surface area contributed by atoms with E-state index in [0.29, 0.717) is 17.6 Å². The van der Waals surface area contributed by atoms with Crippen molar-refractivity contribution in [1.29, 1.82) is 0 Å². The van der Waals surface area contributed by atoms with E-state index in [1.54, 1.807) is 0 Å². The summed E-state index contributed by atoms with van der Waals surface area (Å²) in [5.74, 6) is 1.70. The quantitative estimate of drug-likeness (QED) is 0.179. The third kappa shape index (κ3) is 4.41. The molecule has 0 N–H and O–H groups in total. The van der Waals surface area contributed by atoms with Gasteiger partial charge in [-0.15, -0.1) is 0 Å². The first kappa shape index (κ1) is 31.2. The van der Waals surface area contributed by atoms with Crippen LogP contribution in [0, 0.1) is 0 Å². The Kier molecular flexibility index (Phi) is 6.32. The zero-order valence-corrected chi connectivity index (χ0v) is 30.8. The highest BCUT2D eigenvalue weighted by Crippen LogP contribution is 2.43. The van der Waals surface area contributed by atoms with Crippen LogP contribution in [0.3, 0.4) is 0 Å². The van der Waals surface area contributed by atoms with Crippen LogP contribution in [0.1, 0.15) is 0 Å². The first-order valence-electron chi connectivity index (χ1n) is 19.4. The highest BCUT2D eigenvalue weighted by molar-refractivity contribution is 6.29.